The minimum atomic E-state index is -0.962. The maximum atomic E-state index is 14.0. The van der Waals surface area contributed by atoms with Crippen LogP contribution in [0.25, 0.3) is 0 Å². The monoisotopic (exact) mass is 507 g/mol. The maximum absolute atomic E-state index is 14.0. The normalized spacial score (nSPS) is 13.5. The minimum absolute atomic E-state index is 0.0609. The van der Waals surface area contributed by atoms with Crippen molar-refractivity contribution < 1.29 is 19.1 Å². The van der Waals surface area contributed by atoms with Gasteiger partial charge in [-0.1, -0.05) is 49.6 Å². The Bertz CT molecular complexity index is 859. The van der Waals surface area contributed by atoms with Gasteiger partial charge >= 0.3 is 6.09 Å². The third-order valence-electron chi connectivity index (χ3n) is 5.82. The van der Waals surface area contributed by atoms with Gasteiger partial charge in [-0.3, -0.25) is 9.59 Å². The van der Waals surface area contributed by atoms with Gasteiger partial charge in [-0.25, -0.2) is 4.79 Å². The number of benzene rings is 1. The summed E-state index contributed by atoms with van der Waals surface area (Å²) in [7, 11) is 0. The van der Waals surface area contributed by atoms with Crippen LogP contribution < -0.4 is 10.6 Å². The number of amides is 3. The second-order valence-corrected chi connectivity index (χ2v) is 11.1. The molecular weight excluding hydrogens is 462 g/mol. The van der Waals surface area contributed by atoms with Crippen LogP contribution in [0.5, 0.6) is 0 Å². The molecule has 0 aliphatic heterocycles. The number of unbranched alkanes of at least 4 members (excludes halogenated alkanes) is 1. The van der Waals surface area contributed by atoms with Crippen LogP contribution in [0, 0.1) is 13.8 Å². The molecule has 0 heterocycles. The van der Waals surface area contributed by atoms with E-state index < -0.39 is 29.3 Å². The van der Waals surface area contributed by atoms with E-state index in [1.54, 1.807) is 25.7 Å². The molecule has 0 fully saturated rings. The lowest BCUT2D eigenvalue weighted by Crippen LogP contribution is -2.60. The summed E-state index contributed by atoms with van der Waals surface area (Å²) in [6.07, 6.45) is 1.69. The van der Waals surface area contributed by atoms with Gasteiger partial charge in [-0.05, 0) is 66.9 Å². The number of alkyl carbamates (subject to hydrolysis) is 1. The third-order valence-corrected chi connectivity index (χ3v) is 6.19. The average molecular weight is 508 g/mol. The number of nitrogens with zero attached hydrogens (tertiary/aromatic N) is 1. The summed E-state index contributed by atoms with van der Waals surface area (Å²) in [6, 6.07) is 4.10. The van der Waals surface area contributed by atoms with Crippen LogP contribution in [0.1, 0.15) is 90.5 Å². The molecular formula is C27H45N3O4S. The second kappa shape index (κ2) is 13.2. The van der Waals surface area contributed by atoms with Gasteiger partial charge in [0.15, 0.2) is 0 Å². The molecule has 0 saturated heterocycles. The van der Waals surface area contributed by atoms with Crippen molar-refractivity contribution in [3.05, 3.63) is 34.9 Å². The largest absolute Gasteiger partial charge is 0.444 e. The fourth-order valence-corrected chi connectivity index (χ4v) is 4.07. The van der Waals surface area contributed by atoms with Gasteiger partial charge in [0.1, 0.15) is 17.7 Å². The Kier molecular flexibility index (Phi) is 11.6. The van der Waals surface area contributed by atoms with Crippen LogP contribution in [0.2, 0.25) is 0 Å². The summed E-state index contributed by atoms with van der Waals surface area (Å²) in [4.78, 5) is 41.8. The van der Waals surface area contributed by atoms with Gasteiger partial charge in [0.2, 0.25) is 11.8 Å². The highest BCUT2D eigenvalue weighted by Gasteiger charge is 2.42. The van der Waals surface area contributed by atoms with E-state index in [0.717, 1.165) is 29.5 Å². The number of carbonyl (C=O) groups is 3. The summed E-state index contributed by atoms with van der Waals surface area (Å²) >= 11 is 4.35. The molecule has 3 amide bonds. The number of nitrogens with one attached hydrogen (secondary N) is 2. The van der Waals surface area contributed by atoms with Crippen LogP contribution in [-0.4, -0.2) is 52.3 Å². The van der Waals surface area contributed by atoms with E-state index in [4.69, 9.17) is 4.74 Å². The Balaban J connectivity index is 3.56. The van der Waals surface area contributed by atoms with Crippen molar-refractivity contribution in [3.63, 3.8) is 0 Å². The number of hydrogen-bond donors (Lipinski definition) is 3. The zero-order valence-corrected chi connectivity index (χ0v) is 23.8. The van der Waals surface area contributed by atoms with E-state index in [0.29, 0.717) is 13.0 Å². The molecule has 2 N–H and O–H groups in total. The lowest BCUT2D eigenvalue weighted by atomic mass is 9.91. The van der Waals surface area contributed by atoms with E-state index >= 15 is 0 Å². The molecule has 0 radical (unpaired) electrons. The van der Waals surface area contributed by atoms with Crippen LogP contribution in [0.4, 0.5) is 4.79 Å². The zero-order valence-electron chi connectivity index (χ0n) is 22.9. The number of aryl methyl sites for hydroxylation is 2. The highest BCUT2D eigenvalue weighted by molar-refractivity contribution is 7.80. The summed E-state index contributed by atoms with van der Waals surface area (Å²) in [6.45, 7) is 17.6. The lowest BCUT2D eigenvalue weighted by molar-refractivity contribution is -0.148. The van der Waals surface area contributed by atoms with E-state index in [-0.39, 0.29) is 17.6 Å². The second-order valence-electron chi connectivity index (χ2n) is 10.7. The van der Waals surface area contributed by atoms with Crippen LogP contribution in [0.3, 0.4) is 0 Å². The van der Waals surface area contributed by atoms with Crippen molar-refractivity contribution in [2.45, 2.75) is 105 Å². The third kappa shape index (κ3) is 9.39. The quantitative estimate of drug-likeness (QED) is 0.287. The number of thiol groups is 1. The zero-order chi connectivity index (χ0) is 27.0. The molecule has 1 aromatic rings. The molecule has 0 aliphatic rings. The SMILES string of the molecule is CCCCNC(=O)C(c1cc(C)cc(C)c1)N(C(=O)C(CS)NC(=O)OC(C)(C)C)C(C)(C)CC. The minimum Gasteiger partial charge on any atom is -0.444 e. The molecule has 2 unspecified atom stereocenters. The molecule has 1 rings (SSSR count). The van der Waals surface area contributed by atoms with Gasteiger partial charge in [-0.15, -0.1) is 0 Å². The molecule has 0 aromatic heterocycles. The Morgan fingerprint density at radius 2 is 1.60 bits per heavy atom. The number of carbonyl (C=O) groups excluding carboxylic acids is 3. The first-order chi connectivity index (χ1) is 16.2. The Morgan fingerprint density at radius 1 is 1.03 bits per heavy atom. The van der Waals surface area contributed by atoms with Crippen molar-refractivity contribution in [2.24, 2.45) is 0 Å². The molecule has 35 heavy (non-hydrogen) atoms. The van der Waals surface area contributed by atoms with Gasteiger partial charge in [0, 0.05) is 17.8 Å². The standard InChI is InChI=1S/C27H45N3O4S/c1-10-12-13-28-23(31)22(20-15-18(3)14-19(4)16-20)30(27(8,9)11-2)24(32)21(17-35)29-25(33)34-26(5,6)7/h14-16,21-22,35H,10-13,17H2,1-9H3,(H,28,31)(H,29,33). The molecule has 0 spiro atoms. The van der Waals surface area contributed by atoms with Crippen LogP contribution in [0.15, 0.2) is 18.2 Å². The Labute approximate surface area is 217 Å². The molecule has 198 valence electrons. The predicted octanol–water partition coefficient (Wildman–Crippen LogP) is 5.10. The van der Waals surface area contributed by atoms with Crippen LogP contribution in [-0.2, 0) is 14.3 Å². The molecule has 1 aromatic carbocycles. The van der Waals surface area contributed by atoms with E-state index in [1.807, 2.05) is 52.8 Å². The van der Waals surface area contributed by atoms with Crippen molar-refractivity contribution >= 4 is 30.5 Å². The van der Waals surface area contributed by atoms with Crippen LogP contribution >= 0.6 is 12.6 Å². The first kappa shape index (κ1) is 30.8. The van der Waals surface area contributed by atoms with Crippen molar-refractivity contribution in [2.75, 3.05) is 12.3 Å². The molecule has 7 nitrogen and oxygen atoms in total. The first-order valence-corrected chi connectivity index (χ1v) is 13.1. The summed E-state index contributed by atoms with van der Waals surface area (Å²) in [5, 5.41) is 5.68. The predicted molar refractivity (Wildman–Crippen MR) is 145 cm³/mol. The molecule has 2 atom stereocenters. The molecule has 0 aliphatic carbocycles. The van der Waals surface area contributed by atoms with Gasteiger partial charge in [0.05, 0.1) is 0 Å². The number of hydrogen-bond acceptors (Lipinski definition) is 5. The molecule has 0 saturated carbocycles. The summed E-state index contributed by atoms with van der Waals surface area (Å²) in [5.74, 6) is -0.563. The topological polar surface area (TPSA) is 87.7 Å². The highest BCUT2D eigenvalue weighted by Crippen LogP contribution is 2.33. The molecule has 8 heteroatoms. The Hall–Kier alpha value is -2.22. The molecule has 0 bridgehead atoms. The fourth-order valence-electron chi connectivity index (χ4n) is 3.82. The fraction of sp³-hybridized carbons (Fsp3) is 0.667. The van der Waals surface area contributed by atoms with Crippen molar-refractivity contribution in [1.82, 2.24) is 15.5 Å². The smallest absolute Gasteiger partial charge is 0.408 e. The van der Waals surface area contributed by atoms with Gasteiger partial charge in [0.25, 0.3) is 0 Å². The first-order valence-electron chi connectivity index (χ1n) is 12.5. The van der Waals surface area contributed by atoms with E-state index in [1.165, 1.54) is 0 Å². The van der Waals surface area contributed by atoms with Gasteiger partial charge < -0.3 is 20.3 Å². The van der Waals surface area contributed by atoms with Gasteiger partial charge in [-0.2, -0.15) is 12.6 Å². The van der Waals surface area contributed by atoms with E-state index in [9.17, 15) is 14.4 Å². The number of ether oxygens (including phenoxy) is 1. The van der Waals surface area contributed by atoms with E-state index in [2.05, 4.69) is 30.2 Å². The lowest BCUT2D eigenvalue weighted by Gasteiger charge is -2.44. The Morgan fingerprint density at radius 3 is 2.06 bits per heavy atom. The maximum Gasteiger partial charge on any atom is 0.408 e. The van der Waals surface area contributed by atoms with Crippen molar-refractivity contribution in [3.8, 4) is 0 Å². The number of rotatable bonds is 11. The average Bonchev–Trinajstić information content (AvgIpc) is 2.73. The van der Waals surface area contributed by atoms with Crippen molar-refractivity contribution in [1.29, 1.82) is 0 Å². The summed E-state index contributed by atoms with van der Waals surface area (Å²) < 4.78 is 5.37. The summed E-state index contributed by atoms with van der Waals surface area (Å²) in [5.41, 5.74) is 1.35. The highest BCUT2D eigenvalue weighted by atomic mass is 32.1.